The molecule has 1 aliphatic heterocycles. The quantitative estimate of drug-likeness (QED) is 0.847. The fourth-order valence-electron chi connectivity index (χ4n) is 3.50. The highest BCUT2D eigenvalue weighted by atomic mass is 16.5. The van der Waals surface area contributed by atoms with Crippen LogP contribution in [0.15, 0.2) is 24.3 Å². The second-order valence-corrected chi connectivity index (χ2v) is 8.13. The number of carbonyl (C=O) groups excluding carboxylic acids is 1. The molecule has 0 spiro atoms. The van der Waals surface area contributed by atoms with Crippen LogP contribution >= 0.6 is 0 Å². The van der Waals surface area contributed by atoms with Crippen LogP contribution in [0.4, 0.5) is 0 Å². The maximum atomic E-state index is 12.6. The molecule has 3 nitrogen and oxygen atoms in total. The van der Waals surface area contributed by atoms with Crippen LogP contribution < -0.4 is 5.32 Å². The number of benzene rings is 1. The topological polar surface area (TPSA) is 38.3 Å². The molecule has 1 N–H and O–H groups in total. The molecular weight excluding hydrogens is 298 g/mol. The first-order valence-corrected chi connectivity index (χ1v) is 9.28. The van der Waals surface area contributed by atoms with Crippen molar-refractivity contribution in [3.05, 3.63) is 35.4 Å². The van der Waals surface area contributed by atoms with Gasteiger partial charge in [-0.25, -0.2) is 0 Å². The average molecular weight is 332 g/mol. The molecule has 2 atom stereocenters. The summed E-state index contributed by atoms with van der Waals surface area (Å²) in [4.78, 5) is 12.6. The Morgan fingerprint density at radius 1 is 1.25 bits per heavy atom. The summed E-state index contributed by atoms with van der Waals surface area (Å²) in [6.07, 6.45) is 2.60. The van der Waals surface area contributed by atoms with E-state index in [1.807, 2.05) is 0 Å². The van der Waals surface area contributed by atoms with Gasteiger partial charge in [0.25, 0.3) is 0 Å². The summed E-state index contributed by atoms with van der Waals surface area (Å²) in [5, 5.41) is 3.10. The maximum absolute atomic E-state index is 12.6. The van der Waals surface area contributed by atoms with Gasteiger partial charge in [0.1, 0.15) is 0 Å². The number of ether oxygens (including phenoxy) is 1. The van der Waals surface area contributed by atoms with Crippen LogP contribution in [-0.2, 0) is 14.9 Å². The fraction of sp³-hybridized carbons (Fsp3) is 0.667. The van der Waals surface area contributed by atoms with Gasteiger partial charge in [-0.05, 0) is 37.2 Å². The largest absolute Gasteiger partial charge is 0.378 e. The summed E-state index contributed by atoms with van der Waals surface area (Å²) < 4.78 is 5.99. The van der Waals surface area contributed by atoms with Crippen molar-refractivity contribution >= 4 is 5.91 Å². The first-order valence-electron chi connectivity index (χ1n) is 9.28. The second kappa shape index (κ2) is 8.15. The Hall–Kier alpha value is -1.35. The predicted octanol–water partition coefficient (Wildman–Crippen LogP) is 4.23. The van der Waals surface area contributed by atoms with Gasteiger partial charge in [0, 0.05) is 25.0 Å². The van der Waals surface area contributed by atoms with Crippen LogP contribution in [0.5, 0.6) is 0 Å². The zero-order valence-corrected chi connectivity index (χ0v) is 15.9. The Kier molecular flexibility index (Phi) is 6.45. The third-order valence-electron chi connectivity index (χ3n) is 5.12. The zero-order chi connectivity index (χ0) is 17.7. The SMILES string of the molecule is Cc1ccc([C@]2(CC(=O)NCC(C)C)CCO[C@H](C(C)C)C2)cc1. The van der Waals surface area contributed by atoms with Gasteiger partial charge in [-0.2, -0.15) is 0 Å². The van der Waals surface area contributed by atoms with Gasteiger partial charge in [-0.1, -0.05) is 57.5 Å². The lowest BCUT2D eigenvalue weighted by molar-refractivity contribution is -0.124. The van der Waals surface area contributed by atoms with Gasteiger partial charge < -0.3 is 10.1 Å². The molecule has 1 amide bonds. The summed E-state index contributed by atoms with van der Waals surface area (Å²) >= 11 is 0. The minimum absolute atomic E-state index is 0.109. The van der Waals surface area contributed by atoms with Crippen molar-refractivity contribution in [2.75, 3.05) is 13.2 Å². The molecule has 24 heavy (non-hydrogen) atoms. The lowest BCUT2D eigenvalue weighted by Gasteiger charge is -2.42. The average Bonchev–Trinajstić information content (AvgIpc) is 2.53. The molecule has 134 valence electrons. The molecule has 0 saturated carbocycles. The van der Waals surface area contributed by atoms with Gasteiger partial charge >= 0.3 is 0 Å². The van der Waals surface area contributed by atoms with Crippen LogP contribution in [0.1, 0.15) is 58.1 Å². The van der Waals surface area contributed by atoms with Crippen molar-refractivity contribution < 1.29 is 9.53 Å². The van der Waals surface area contributed by atoms with E-state index in [0.717, 1.165) is 26.0 Å². The molecule has 1 fully saturated rings. The number of aryl methyl sites for hydroxylation is 1. The number of amides is 1. The van der Waals surface area contributed by atoms with Crippen LogP contribution in [0.2, 0.25) is 0 Å². The van der Waals surface area contributed by atoms with E-state index in [0.29, 0.717) is 18.3 Å². The summed E-state index contributed by atoms with van der Waals surface area (Å²) in [7, 11) is 0. The van der Waals surface area contributed by atoms with E-state index in [1.54, 1.807) is 0 Å². The lowest BCUT2D eigenvalue weighted by atomic mass is 9.68. The number of hydrogen-bond acceptors (Lipinski definition) is 2. The van der Waals surface area contributed by atoms with E-state index in [-0.39, 0.29) is 17.4 Å². The Morgan fingerprint density at radius 2 is 1.92 bits per heavy atom. The molecule has 1 saturated heterocycles. The minimum atomic E-state index is -0.109. The van der Waals surface area contributed by atoms with Crippen LogP contribution in [0.3, 0.4) is 0 Å². The van der Waals surface area contributed by atoms with Crippen molar-refractivity contribution in [3.8, 4) is 0 Å². The zero-order valence-electron chi connectivity index (χ0n) is 15.9. The summed E-state index contributed by atoms with van der Waals surface area (Å²) in [6, 6.07) is 8.72. The molecule has 0 aromatic heterocycles. The molecule has 1 heterocycles. The van der Waals surface area contributed by atoms with Crippen molar-refractivity contribution in [1.82, 2.24) is 5.32 Å². The summed E-state index contributed by atoms with van der Waals surface area (Å²) in [5.41, 5.74) is 2.43. The number of carbonyl (C=O) groups is 1. The monoisotopic (exact) mass is 331 g/mol. The Balaban J connectivity index is 2.24. The lowest BCUT2D eigenvalue weighted by Crippen LogP contribution is -2.44. The van der Waals surface area contributed by atoms with Crippen LogP contribution in [0, 0.1) is 18.8 Å². The first-order chi connectivity index (χ1) is 11.3. The molecular formula is C21H33NO2. The standard InChI is InChI=1S/C21H33NO2/c1-15(2)14-22-20(23)13-21(18-8-6-17(5)7-9-18)10-11-24-19(12-21)16(3)4/h6-9,15-16,19H,10-14H2,1-5H3,(H,22,23)/t19-,21+/m0/s1. The number of hydrogen-bond donors (Lipinski definition) is 1. The summed E-state index contributed by atoms with van der Waals surface area (Å²) in [5.74, 6) is 1.10. The molecule has 1 aromatic rings. The maximum Gasteiger partial charge on any atom is 0.220 e. The van der Waals surface area contributed by atoms with Crippen molar-refractivity contribution in [2.45, 2.75) is 65.4 Å². The van der Waals surface area contributed by atoms with Crippen molar-refractivity contribution in [2.24, 2.45) is 11.8 Å². The highest BCUT2D eigenvalue weighted by Crippen LogP contribution is 2.42. The minimum Gasteiger partial charge on any atom is -0.378 e. The number of rotatable bonds is 6. The highest BCUT2D eigenvalue weighted by molar-refractivity contribution is 5.77. The fourth-order valence-corrected chi connectivity index (χ4v) is 3.50. The van der Waals surface area contributed by atoms with E-state index in [9.17, 15) is 4.79 Å². The molecule has 3 heteroatoms. The molecule has 2 rings (SSSR count). The number of nitrogens with one attached hydrogen (secondary N) is 1. The smallest absolute Gasteiger partial charge is 0.220 e. The molecule has 1 aromatic carbocycles. The van der Waals surface area contributed by atoms with E-state index >= 15 is 0 Å². The van der Waals surface area contributed by atoms with Gasteiger partial charge in [0.05, 0.1) is 6.10 Å². The highest BCUT2D eigenvalue weighted by Gasteiger charge is 2.41. The van der Waals surface area contributed by atoms with E-state index in [4.69, 9.17) is 4.74 Å². The third kappa shape index (κ3) is 4.83. The first kappa shape index (κ1) is 19.0. The van der Waals surface area contributed by atoms with E-state index in [1.165, 1.54) is 11.1 Å². The predicted molar refractivity (Wildman–Crippen MR) is 99.1 cm³/mol. The third-order valence-corrected chi connectivity index (χ3v) is 5.12. The molecule has 0 aliphatic carbocycles. The van der Waals surface area contributed by atoms with Gasteiger partial charge in [-0.15, -0.1) is 0 Å². The summed E-state index contributed by atoms with van der Waals surface area (Å²) in [6.45, 7) is 12.2. The molecule has 1 aliphatic rings. The Morgan fingerprint density at radius 3 is 2.50 bits per heavy atom. The normalized spacial score (nSPS) is 24.4. The molecule has 0 radical (unpaired) electrons. The molecule has 0 bridgehead atoms. The van der Waals surface area contributed by atoms with Gasteiger partial charge in [-0.3, -0.25) is 4.79 Å². The Labute approximate surface area is 147 Å². The Bertz CT molecular complexity index is 535. The van der Waals surface area contributed by atoms with Gasteiger partial charge in [0.2, 0.25) is 5.91 Å². The van der Waals surface area contributed by atoms with E-state index < -0.39 is 0 Å². The van der Waals surface area contributed by atoms with Crippen LogP contribution in [-0.4, -0.2) is 25.2 Å². The van der Waals surface area contributed by atoms with Gasteiger partial charge in [0.15, 0.2) is 0 Å². The van der Waals surface area contributed by atoms with Crippen LogP contribution in [0.25, 0.3) is 0 Å². The van der Waals surface area contributed by atoms with Crippen molar-refractivity contribution in [3.63, 3.8) is 0 Å². The van der Waals surface area contributed by atoms with E-state index in [2.05, 4.69) is 64.2 Å². The van der Waals surface area contributed by atoms with Crippen molar-refractivity contribution in [1.29, 1.82) is 0 Å². The molecule has 0 unspecified atom stereocenters. The second-order valence-electron chi connectivity index (χ2n) is 8.13.